The van der Waals surface area contributed by atoms with Crippen LogP contribution >= 0.6 is 11.3 Å². The zero-order valence-electron chi connectivity index (χ0n) is 14.5. The molecule has 1 aromatic heterocycles. The summed E-state index contributed by atoms with van der Waals surface area (Å²) in [6.07, 6.45) is 5.40. The van der Waals surface area contributed by atoms with Crippen molar-refractivity contribution in [3.8, 4) is 0 Å². The molecule has 1 fully saturated rings. The number of aryl methyl sites for hydroxylation is 1. The van der Waals surface area contributed by atoms with Crippen molar-refractivity contribution < 1.29 is 0 Å². The number of thiophene rings is 1. The highest BCUT2D eigenvalue weighted by Gasteiger charge is 2.36. The van der Waals surface area contributed by atoms with E-state index in [2.05, 4.69) is 51.4 Å². The number of nitrogens with one attached hydrogen (secondary N) is 1. The van der Waals surface area contributed by atoms with Crippen molar-refractivity contribution >= 4 is 11.3 Å². The lowest BCUT2D eigenvalue weighted by atomic mass is 9.64. The highest BCUT2D eigenvalue weighted by Crippen LogP contribution is 2.47. The molecule has 1 N–H and O–H groups in total. The van der Waals surface area contributed by atoms with Crippen LogP contribution in [0.4, 0.5) is 0 Å². The van der Waals surface area contributed by atoms with Gasteiger partial charge in [-0.25, -0.2) is 0 Å². The molecule has 0 amide bonds. The topological polar surface area (TPSA) is 12.0 Å². The average molecular weight is 308 g/mol. The van der Waals surface area contributed by atoms with Crippen molar-refractivity contribution in [2.45, 2.75) is 66.2 Å². The number of hydrogen-bond acceptors (Lipinski definition) is 2. The first-order valence-corrected chi connectivity index (χ1v) is 9.55. The van der Waals surface area contributed by atoms with Gasteiger partial charge in [-0.1, -0.05) is 27.7 Å². The summed E-state index contributed by atoms with van der Waals surface area (Å²) in [5, 5.41) is 6.08. The second-order valence-electron chi connectivity index (χ2n) is 7.94. The molecule has 1 aliphatic rings. The predicted octanol–water partition coefficient (Wildman–Crippen LogP) is 5.60. The van der Waals surface area contributed by atoms with E-state index in [1.54, 1.807) is 5.56 Å². The standard InChI is InChI=1S/C19H33NS/c1-6-9-20-12-15-7-8-17(19(3,4)5)11-18(15)16-10-14(2)21-13-16/h10,13,15,17-18,20H,6-9,11-12H2,1-5H3. The SMILES string of the molecule is CCCNCC1CCC(C(C)(C)C)CC1c1csc(C)c1. The molecule has 0 saturated heterocycles. The molecule has 3 unspecified atom stereocenters. The van der Waals surface area contributed by atoms with Crippen LogP contribution in [0.15, 0.2) is 11.4 Å². The molecule has 0 aromatic carbocycles. The van der Waals surface area contributed by atoms with Gasteiger partial charge in [-0.05, 0) is 85.9 Å². The van der Waals surface area contributed by atoms with E-state index in [1.165, 1.54) is 37.1 Å². The van der Waals surface area contributed by atoms with Crippen molar-refractivity contribution in [1.29, 1.82) is 0 Å². The lowest BCUT2D eigenvalue weighted by Crippen LogP contribution is -2.35. The van der Waals surface area contributed by atoms with Gasteiger partial charge >= 0.3 is 0 Å². The van der Waals surface area contributed by atoms with Crippen molar-refractivity contribution in [2.24, 2.45) is 17.3 Å². The Balaban J connectivity index is 2.10. The van der Waals surface area contributed by atoms with Crippen molar-refractivity contribution in [3.63, 3.8) is 0 Å². The molecule has 1 aromatic rings. The monoisotopic (exact) mass is 307 g/mol. The Morgan fingerprint density at radius 2 is 2.05 bits per heavy atom. The van der Waals surface area contributed by atoms with Gasteiger partial charge < -0.3 is 5.32 Å². The van der Waals surface area contributed by atoms with Gasteiger partial charge in [-0.2, -0.15) is 0 Å². The van der Waals surface area contributed by atoms with Crippen LogP contribution in [0.1, 0.15) is 69.7 Å². The summed E-state index contributed by atoms with van der Waals surface area (Å²) in [6, 6.07) is 2.44. The molecule has 120 valence electrons. The Labute approximate surface area is 135 Å². The average Bonchev–Trinajstić information content (AvgIpc) is 2.84. The summed E-state index contributed by atoms with van der Waals surface area (Å²) >= 11 is 1.92. The highest BCUT2D eigenvalue weighted by molar-refractivity contribution is 7.10. The summed E-state index contributed by atoms with van der Waals surface area (Å²) in [6.45, 7) is 14.1. The number of rotatable bonds is 5. The highest BCUT2D eigenvalue weighted by atomic mass is 32.1. The minimum atomic E-state index is 0.450. The van der Waals surface area contributed by atoms with Gasteiger partial charge in [-0.3, -0.25) is 0 Å². The molecule has 1 nitrogen and oxygen atoms in total. The van der Waals surface area contributed by atoms with E-state index in [-0.39, 0.29) is 0 Å². The molecular formula is C19H33NS. The van der Waals surface area contributed by atoms with Crippen molar-refractivity contribution in [3.05, 3.63) is 21.9 Å². The van der Waals surface area contributed by atoms with E-state index in [0.29, 0.717) is 5.41 Å². The molecule has 1 heterocycles. The third kappa shape index (κ3) is 4.56. The molecule has 0 aliphatic heterocycles. The van der Waals surface area contributed by atoms with Crippen molar-refractivity contribution in [2.75, 3.05) is 13.1 Å². The maximum atomic E-state index is 3.67. The minimum absolute atomic E-state index is 0.450. The molecule has 1 aliphatic carbocycles. The fraction of sp³-hybridized carbons (Fsp3) is 0.789. The molecule has 3 atom stereocenters. The summed E-state index contributed by atoms with van der Waals surface area (Å²) in [7, 11) is 0. The van der Waals surface area contributed by atoms with Crippen LogP contribution in [0.2, 0.25) is 0 Å². The van der Waals surface area contributed by atoms with Gasteiger partial charge in [0.2, 0.25) is 0 Å². The van der Waals surface area contributed by atoms with Gasteiger partial charge in [0.25, 0.3) is 0 Å². The normalized spacial score (nSPS) is 27.0. The van der Waals surface area contributed by atoms with Crippen LogP contribution in [0, 0.1) is 24.2 Å². The molecule has 2 heteroatoms. The van der Waals surface area contributed by atoms with E-state index >= 15 is 0 Å². The van der Waals surface area contributed by atoms with Gasteiger partial charge in [0, 0.05) is 4.88 Å². The Morgan fingerprint density at radius 3 is 2.62 bits per heavy atom. The third-order valence-electron chi connectivity index (χ3n) is 5.23. The number of hydrogen-bond donors (Lipinski definition) is 1. The second kappa shape index (κ2) is 7.28. The van der Waals surface area contributed by atoms with Crippen LogP contribution in [-0.4, -0.2) is 13.1 Å². The van der Waals surface area contributed by atoms with Crippen LogP contribution in [0.5, 0.6) is 0 Å². The third-order valence-corrected chi connectivity index (χ3v) is 6.11. The van der Waals surface area contributed by atoms with Crippen LogP contribution in [-0.2, 0) is 0 Å². The van der Waals surface area contributed by atoms with Gasteiger partial charge in [-0.15, -0.1) is 11.3 Å². The van der Waals surface area contributed by atoms with Crippen LogP contribution in [0.25, 0.3) is 0 Å². The fourth-order valence-electron chi connectivity index (χ4n) is 3.79. The molecule has 21 heavy (non-hydrogen) atoms. The van der Waals surface area contributed by atoms with E-state index < -0.39 is 0 Å². The molecular weight excluding hydrogens is 274 g/mol. The Hall–Kier alpha value is -0.340. The maximum absolute atomic E-state index is 3.67. The summed E-state index contributed by atoms with van der Waals surface area (Å²) < 4.78 is 0. The smallest absolute Gasteiger partial charge is 0.00171 e. The minimum Gasteiger partial charge on any atom is -0.316 e. The molecule has 0 spiro atoms. The van der Waals surface area contributed by atoms with E-state index in [1.807, 2.05) is 11.3 Å². The van der Waals surface area contributed by atoms with E-state index in [0.717, 1.165) is 24.3 Å². The summed E-state index contributed by atoms with van der Waals surface area (Å²) in [4.78, 5) is 1.46. The molecule has 2 rings (SSSR count). The fourth-order valence-corrected chi connectivity index (χ4v) is 4.56. The first-order valence-electron chi connectivity index (χ1n) is 8.67. The predicted molar refractivity (Wildman–Crippen MR) is 95.2 cm³/mol. The first-order chi connectivity index (χ1) is 9.91. The molecule has 0 bridgehead atoms. The second-order valence-corrected chi connectivity index (χ2v) is 9.05. The Kier molecular flexibility index (Phi) is 5.90. The van der Waals surface area contributed by atoms with Crippen molar-refractivity contribution in [1.82, 2.24) is 5.32 Å². The summed E-state index contributed by atoms with van der Waals surface area (Å²) in [5.74, 6) is 2.45. The van der Waals surface area contributed by atoms with E-state index in [9.17, 15) is 0 Å². The zero-order valence-corrected chi connectivity index (χ0v) is 15.4. The van der Waals surface area contributed by atoms with E-state index in [4.69, 9.17) is 0 Å². The van der Waals surface area contributed by atoms with Gasteiger partial charge in [0.05, 0.1) is 0 Å². The van der Waals surface area contributed by atoms with Gasteiger partial charge in [0.15, 0.2) is 0 Å². The van der Waals surface area contributed by atoms with Crippen LogP contribution in [0.3, 0.4) is 0 Å². The first kappa shape index (κ1) is 17.0. The largest absolute Gasteiger partial charge is 0.316 e. The Bertz CT molecular complexity index is 429. The van der Waals surface area contributed by atoms with Gasteiger partial charge in [0.1, 0.15) is 0 Å². The quantitative estimate of drug-likeness (QED) is 0.698. The lowest BCUT2D eigenvalue weighted by molar-refractivity contribution is 0.129. The molecule has 1 saturated carbocycles. The Morgan fingerprint density at radius 1 is 1.29 bits per heavy atom. The zero-order chi connectivity index (χ0) is 15.5. The van der Waals surface area contributed by atoms with Crippen LogP contribution < -0.4 is 5.32 Å². The lowest BCUT2D eigenvalue weighted by Gasteiger charge is -2.42. The molecule has 0 radical (unpaired) electrons. The maximum Gasteiger partial charge on any atom is 0.00171 e. The summed E-state index contributed by atoms with van der Waals surface area (Å²) in [5.41, 5.74) is 2.06.